The molecule has 0 spiro atoms. The van der Waals surface area contributed by atoms with E-state index >= 15 is 0 Å². The van der Waals surface area contributed by atoms with Crippen molar-refractivity contribution in [3.8, 4) is 0 Å². The summed E-state index contributed by atoms with van der Waals surface area (Å²) in [5.41, 5.74) is 1.86. The second-order valence-electron chi connectivity index (χ2n) is 3.46. The van der Waals surface area contributed by atoms with Gasteiger partial charge in [-0.05, 0) is 5.56 Å². The Bertz CT molecular complexity index is 386. The lowest BCUT2D eigenvalue weighted by Gasteiger charge is -2.00. The third-order valence-corrected chi connectivity index (χ3v) is 2.25. The lowest BCUT2D eigenvalue weighted by molar-refractivity contribution is -0.139. The van der Waals surface area contributed by atoms with Gasteiger partial charge in [-0.2, -0.15) is 0 Å². The number of nitrogens with zero attached hydrogens (tertiary/aromatic N) is 1. The lowest BCUT2D eigenvalue weighted by Crippen LogP contribution is -2.13. The number of benzene rings is 1. The van der Waals surface area contributed by atoms with Crippen LogP contribution >= 0.6 is 0 Å². The van der Waals surface area contributed by atoms with Gasteiger partial charge < -0.3 is 9.94 Å². The SMILES string of the molecule is O=C([OH2+])CC1CC(c2ccccc2)=NO1. The van der Waals surface area contributed by atoms with Crippen LogP contribution in [-0.4, -0.2) is 22.9 Å². The van der Waals surface area contributed by atoms with Crippen molar-refractivity contribution in [1.29, 1.82) is 0 Å². The van der Waals surface area contributed by atoms with Crippen molar-refractivity contribution in [3.63, 3.8) is 0 Å². The molecule has 0 fully saturated rings. The normalized spacial score (nSPS) is 19.5. The van der Waals surface area contributed by atoms with E-state index in [1.807, 2.05) is 30.3 Å². The summed E-state index contributed by atoms with van der Waals surface area (Å²) in [4.78, 5) is 15.7. The number of carbonyl (C=O) groups excluding carboxylic acids is 1. The summed E-state index contributed by atoms with van der Waals surface area (Å²) in [6.45, 7) is 0. The molecule has 15 heavy (non-hydrogen) atoms. The van der Waals surface area contributed by atoms with Crippen molar-refractivity contribution < 1.29 is 14.7 Å². The molecule has 0 saturated carbocycles. The van der Waals surface area contributed by atoms with Crippen molar-refractivity contribution in [2.24, 2.45) is 5.16 Å². The first-order valence-electron chi connectivity index (χ1n) is 4.78. The van der Waals surface area contributed by atoms with Gasteiger partial charge in [0, 0.05) is 11.2 Å². The Morgan fingerprint density at radius 2 is 2.20 bits per heavy atom. The lowest BCUT2D eigenvalue weighted by atomic mass is 10.0. The van der Waals surface area contributed by atoms with Crippen LogP contribution in [0, 0.1) is 0 Å². The van der Waals surface area contributed by atoms with Crippen LogP contribution in [0.25, 0.3) is 0 Å². The van der Waals surface area contributed by atoms with Gasteiger partial charge >= 0.3 is 5.97 Å². The largest absolute Gasteiger partial charge is 0.565 e. The van der Waals surface area contributed by atoms with Crippen molar-refractivity contribution in [2.75, 3.05) is 0 Å². The van der Waals surface area contributed by atoms with Gasteiger partial charge in [0.1, 0.15) is 12.5 Å². The predicted octanol–water partition coefficient (Wildman–Crippen LogP) is 0.821. The average molecular weight is 206 g/mol. The van der Waals surface area contributed by atoms with Crippen LogP contribution in [-0.2, 0) is 9.63 Å². The van der Waals surface area contributed by atoms with Crippen LogP contribution in [0.3, 0.4) is 0 Å². The molecule has 1 heterocycles. The fourth-order valence-electron chi connectivity index (χ4n) is 1.55. The van der Waals surface area contributed by atoms with Crippen molar-refractivity contribution in [2.45, 2.75) is 18.9 Å². The predicted molar refractivity (Wildman–Crippen MR) is 55.7 cm³/mol. The summed E-state index contributed by atoms with van der Waals surface area (Å²) in [5.74, 6) is -0.607. The highest BCUT2D eigenvalue weighted by molar-refractivity contribution is 6.01. The molecule has 0 aromatic heterocycles. The van der Waals surface area contributed by atoms with E-state index in [1.54, 1.807) is 0 Å². The van der Waals surface area contributed by atoms with Crippen LogP contribution < -0.4 is 0 Å². The summed E-state index contributed by atoms with van der Waals surface area (Å²) in [5, 5.41) is 10.8. The van der Waals surface area contributed by atoms with Gasteiger partial charge in [0.25, 0.3) is 0 Å². The van der Waals surface area contributed by atoms with Gasteiger partial charge in [0.2, 0.25) is 0 Å². The zero-order valence-corrected chi connectivity index (χ0v) is 8.14. The average Bonchev–Trinajstić information content (AvgIpc) is 2.67. The fraction of sp³-hybridized carbons (Fsp3) is 0.273. The topological polar surface area (TPSA) is 61.6 Å². The van der Waals surface area contributed by atoms with E-state index in [4.69, 9.17) is 9.94 Å². The zero-order valence-electron chi connectivity index (χ0n) is 8.14. The number of oxime groups is 1. The van der Waals surface area contributed by atoms with E-state index in [2.05, 4.69) is 5.16 Å². The van der Waals surface area contributed by atoms with Gasteiger partial charge in [-0.15, -0.1) is 0 Å². The Labute approximate surface area is 87.2 Å². The van der Waals surface area contributed by atoms with E-state index < -0.39 is 5.97 Å². The third kappa shape index (κ3) is 2.34. The molecular weight excluding hydrogens is 194 g/mol. The first kappa shape index (κ1) is 9.71. The van der Waals surface area contributed by atoms with Crippen molar-refractivity contribution >= 4 is 11.7 Å². The highest BCUT2D eigenvalue weighted by Gasteiger charge is 2.27. The Kier molecular flexibility index (Phi) is 2.67. The molecule has 4 heteroatoms. The van der Waals surface area contributed by atoms with Crippen molar-refractivity contribution in [3.05, 3.63) is 35.9 Å². The van der Waals surface area contributed by atoms with Gasteiger partial charge in [-0.1, -0.05) is 35.5 Å². The minimum atomic E-state index is -0.607. The third-order valence-electron chi connectivity index (χ3n) is 2.25. The molecule has 4 nitrogen and oxygen atoms in total. The quantitative estimate of drug-likeness (QED) is 0.687. The van der Waals surface area contributed by atoms with E-state index in [0.29, 0.717) is 6.42 Å². The molecule has 1 atom stereocenters. The molecule has 1 unspecified atom stereocenters. The standard InChI is InChI=1S/C11H11NO3/c13-11(14)7-9-6-10(12-15-9)8-4-2-1-3-5-8/h1-5,9H,6-7H2,(H,13,14)/p+1. The molecule has 0 radical (unpaired) electrons. The Balaban J connectivity index is 2.01. The van der Waals surface area contributed by atoms with E-state index in [9.17, 15) is 4.79 Å². The number of carbonyl (C=O) groups is 1. The Hall–Kier alpha value is -1.84. The second-order valence-corrected chi connectivity index (χ2v) is 3.46. The van der Waals surface area contributed by atoms with Gasteiger partial charge in [0.15, 0.2) is 0 Å². The molecule has 0 saturated heterocycles. The summed E-state index contributed by atoms with van der Waals surface area (Å²) < 4.78 is 0. The van der Waals surface area contributed by atoms with Crippen LogP contribution in [0.5, 0.6) is 0 Å². The maximum absolute atomic E-state index is 10.6. The van der Waals surface area contributed by atoms with Crippen LogP contribution in [0.15, 0.2) is 35.5 Å². The zero-order chi connectivity index (χ0) is 10.7. The molecule has 0 bridgehead atoms. The molecule has 1 aromatic carbocycles. The molecule has 2 rings (SSSR count). The van der Waals surface area contributed by atoms with E-state index in [0.717, 1.165) is 11.3 Å². The van der Waals surface area contributed by atoms with E-state index in [-0.39, 0.29) is 12.5 Å². The summed E-state index contributed by atoms with van der Waals surface area (Å²) in [7, 11) is 0. The minimum Gasteiger partial charge on any atom is -0.565 e. The maximum atomic E-state index is 10.6. The molecule has 78 valence electrons. The second kappa shape index (κ2) is 4.13. The van der Waals surface area contributed by atoms with Crippen LogP contribution in [0.4, 0.5) is 0 Å². The maximum Gasteiger partial charge on any atom is 0.519 e. The molecule has 0 aliphatic carbocycles. The summed E-state index contributed by atoms with van der Waals surface area (Å²) in [6, 6.07) is 9.70. The molecule has 0 amide bonds. The molecule has 1 aromatic rings. The van der Waals surface area contributed by atoms with Gasteiger partial charge in [0.05, 0.1) is 5.71 Å². The summed E-state index contributed by atoms with van der Waals surface area (Å²) in [6.07, 6.45) is 0.458. The molecular formula is C11H12NO3+. The Morgan fingerprint density at radius 1 is 1.47 bits per heavy atom. The molecule has 2 N–H and O–H groups in total. The monoisotopic (exact) mass is 206 g/mol. The van der Waals surface area contributed by atoms with Gasteiger partial charge in [-0.25, -0.2) is 0 Å². The van der Waals surface area contributed by atoms with Crippen LogP contribution in [0.2, 0.25) is 0 Å². The number of rotatable bonds is 3. The highest BCUT2D eigenvalue weighted by Crippen LogP contribution is 2.18. The Morgan fingerprint density at radius 3 is 2.87 bits per heavy atom. The van der Waals surface area contributed by atoms with Crippen LogP contribution in [0.1, 0.15) is 18.4 Å². The number of hydrogen-bond acceptors (Lipinski definition) is 3. The fourth-order valence-corrected chi connectivity index (χ4v) is 1.55. The number of hydrogen-bond donors (Lipinski definition) is 0. The van der Waals surface area contributed by atoms with E-state index in [1.165, 1.54) is 0 Å². The van der Waals surface area contributed by atoms with Crippen molar-refractivity contribution in [1.82, 2.24) is 0 Å². The summed E-state index contributed by atoms with van der Waals surface area (Å²) >= 11 is 0. The smallest absolute Gasteiger partial charge is 0.519 e. The molecule has 1 aliphatic heterocycles. The first-order valence-corrected chi connectivity index (χ1v) is 4.78. The first-order chi connectivity index (χ1) is 7.25. The van der Waals surface area contributed by atoms with Gasteiger partial charge in [-0.3, -0.25) is 0 Å². The molecule has 1 aliphatic rings. The highest BCUT2D eigenvalue weighted by atomic mass is 16.6. The minimum absolute atomic E-state index is 0.111.